The van der Waals surface area contributed by atoms with E-state index in [2.05, 4.69) is 170 Å². The molecule has 0 saturated heterocycles. The first-order valence-corrected chi connectivity index (χ1v) is 17.4. The van der Waals surface area contributed by atoms with Gasteiger partial charge in [-0.1, -0.05) is 152 Å². The quantitative estimate of drug-likeness (QED) is 0.179. The van der Waals surface area contributed by atoms with Crippen LogP contribution >= 0.6 is 11.3 Å². The molecule has 10 rings (SSSR count). The van der Waals surface area contributed by atoms with Crippen molar-refractivity contribution in [3.8, 4) is 44.9 Å². The zero-order valence-corrected chi connectivity index (χ0v) is 27.3. The van der Waals surface area contributed by atoms with Gasteiger partial charge in [0.2, 0.25) is 0 Å². The normalized spacial score (nSPS) is 11.7. The van der Waals surface area contributed by atoms with Gasteiger partial charge in [0.05, 0.1) is 15.9 Å². The molecule has 10 aromatic rings. The molecule has 0 aliphatic heterocycles. The molecule has 0 bridgehead atoms. The van der Waals surface area contributed by atoms with Gasteiger partial charge in [-0.05, 0) is 72.8 Å². The fourth-order valence-electron chi connectivity index (χ4n) is 7.39. The Hall–Kier alpha value is -6.16. The molecule has 3 heteroatoms. The number of hydrogen-bond acceptors (Lipinski definition) is 3. The Morgan fingerprint density at radius 3 is 1.63 bits per heavy atom. The first-order chi connectivity index (χ1) is 24.3. The van der Waals surface area contributed by atoms with Crippen molar-refractivity contribution in [2.24, 2.45) is 0 Å². The lowest BCUT2D eigenvalue weighted by atomic mass is 9.92. The lowest BCUT2D eigenvalue weighted by Crippen LogP contribution is -1.94. The molecular weight excluding hydrogens is 613 g/mol. The van der Waals surface area contributed by atoms with E-state index in [0.29, 0.717) is 0 Å². The van der Waals surface area contributed by atoms with Gasteiger partial charge < -0.3 is 0 Å². The van der Waals surface area contributed by atoms with Crippen LogP contribution in [0, 0.1) is 0 Å². The molecule has 0 spiro atoms. The van der Waals surface area contributed by atoms with E-state index in [-0.39, 0.29) is 0 Å². The van der Waals surface area contributed by atoms with Crippen LogP contribution in [-0.2, 0) is 0 Å². The molecule has 2 aromatic heterocycles. The van der Waals surface area contributed by atoms with Crippen LogP contribution in [0.4, 0.5) is 0 Å². The van der Waals surface area contributed by atoms with Crippen molar-refractivity contribution in [1.82, 2.24) is 9.97 Å². The minimum atomic E-state index is 0.730. The minimum absolute atomic E-state index is 0.730. The van der Waals surface area contributed by atoms with Crippen LogP contribution in [0.25, 0.3) is 97.5 Å². The highest BCUT2D eigenvalue weighted by atomic mass is 32.1. The number of rotatable bonds is 4. The van der Waals surface area contributed by atoms with E-state index in [1.165, 1.54) is 59.1 Å². The summed E-state index contributed by atoms with van der Waals surface area (Å²) in [7, 11) is 0. The van der Waals surface area contributed by atoms with Crippen molar-refractivity contribution < 1.29 is 0 Å². The second-order valence-electron chi connectivity index (χ2n) is 12.5. The van der Waals surface area contributed by atoms with E-state index in [4.69, 9.17) is 9.97 Å². The fourth-order valence-corrected chi connectivity index (χ4v) is 8.57. The Morgan fingerprint density at radius 1 is 0.367 bits per heavy atom. The summed E-state index contributed by atoms with van der Waals surface area (Å²) in [6.07, 6.45) is 0. The van der Waals surface area contributed by atoms with Gasteiger partial charge in [0.25, 0.3) is 0 Å². The Kier molecular flexibility index (Phi) is 6.39. The third kappa shape index (κ3) is 4.55. The third-order valence-electron chi connectivity index (χ3n) is 9.67. The van der Waals surface area contributed by atoms with E-state index in [1.807, 2.05) is 0 Å². The second-order valence-corrected chi connectivity index (χ2v) is 13.6. The van der Waals surface area contributed by atoms with Crippen LogP contribution in [0.1, 0.15) is 0 Å². The van der Waals surface area contributed by atoms with E-state index in [1.54, 1.807) is 11.3 Å². The maximum absolute atomic E-state index is 5.37. The summed E-state index contributed by atoms with van der Waals surface area (Å²) in [5.74, 6) is 0.730. The van der Waals surface area contributed by atoms with Crippen molar-refractivity contribution in [3.63, 3.8) is 0 Å². The molecule has 0 unspecified atom stereocenters. The van der Waals surface area contributed by atoms with Crippen LogP contribution in [0.2, 0.25) is 0 Å². The molecule has 49 heavy (non-hydrogen) atoms. The molecule has 8 aromatic carbocycles. The molecule has 0 N–H and O–H groups in total. The number of aromatic nitrogens is 2. The number of fused-ring (bicyclic) bond motifs is 9. The summed E-state index contributed by atoms with van der Waals surface area (Å²) in [5, 5.41) is 8.84. The van der Waals surface area contributed by atoms with Crippen LogP contribution in [-0.4, -0.2) is 9.97 Å². The molecule has 0 amide bonds. The standard InChI is InChI=1S/C46H28N2S/c1-3-13-29(14-4-1)34-23-12-24-41-42(34)44-45(49-41)43(30-15-5-2-6-16-30)47-46(48-44)33-18-11-17-31(27-33)32-25-26-39-37-21-8-7-19-35(37)36-20-9-10-22-38(36)40(39)28-32/h1-28H. The van der Waals surface area contributed by atoms with Crippen molar-refractivity contribution >= 4 is 64.0 Å². The van der Waals surface area contributed by atoms with Crippen molar-refractivity contribution in [2.45, 2.75) is 0 Å². The van der Waals surface area contributed by atoms with Gasteiger partial charge in [0, 0.05) is 21.2 Å². The van der Waals surface area contributed by atoms with Crippen molar-refractivity contribution in [2.75, 3.05) is 0 Å². The summed E-state index contributed by atoms with van der Waals surface area (Å²) in [6.45, 7) is 0. The minimum Gasteiger partial charge on any atom is -0.226 e. The smallest absolute Gasteiger partial charge is 0.160 e. The van der Waals surface area contributed by atoms with E-state index < -0.39 is 0 Å². The number of hydrogen-bond donors (Lipinski definition) is 0. The predicted octanol–water partition coefficient (Wildman–Crippen LogP) is 13.0. The molecule has 0 atom stereocenters. The monoisotopic (exact) mass is 640 g/mol. The highest BCUT2D eigenvalue weighted by Gasteiger charge is 2.19. The summed E-state index contributed by atoms with van der Waals surface area (Å²) < 4.78 is 2.32. The Bertz CT molecular complexity index is 2840. The average Bonchev–Trinajstić information content (AvgIpc) is 3.57. The average molecular weight is 641 g/mol. The largest absolute Gasteiger partial charge is 0.226 e. The number of nitrogens with zero attached hydrogens (tertiary/aromatic N) is 2. The van der Waals surface area contributed by atoms with Gasteiger partial charge in [-0.15, -0.1) is 11.3 Å². The van der Waals surface area contributed by atoms with E-state index in [0.717, 1.165) is 38.4 Å². The lowest BCUT2D eigenvalue weighted by molar-refractivity contribution is 1.24. The maximum Gasteiger partial charge on any atom is 0.160 e. The predicted molar refractivity (Wildman–Crippen MR) is 209 cm³/mol. The first-order valence-electron chi connectivity index (χ1n) is 16.6. The number of thiophene rings is 1. The Morgan fingerprint density at radius 2 is 0.918 bits per heavy atom. The van der Waals surface area contributed by atoms with Gasteiger partial charge in [0.1, 0.15) is 0 Å². The highest BCUT2D eigenvalue weighted by Crippen LogP contribution is 2.44. The van der Waals surface area contributed by atoms with Crippen LogP contribution < -0.4 is 0 Å². The molecule has 0 radical (unpaired) electrons. The molecule has 0 fully saturated rings. The zero-order chi connectivity index (χ0) is 32.3. The lowest BCUT2D eigenvalue weighted by Gasteiger charge is -2.13. The third-order valence-corrected chi connectivity index (χ3v) is 10.8. The van der Waals surface area contributed by atoms with E-state index in [9.17, 15) is 0 Å². The second kappa shape index (κ2) is 11.2. The van der Waals surface area contributed by atoms with Gasteiger partial charge in [-0.25, -0.2) is 9.97 Å². The van der Waals surface area contributed by atoms with Crippen LogP contribution in [0.15, 0.2) is 170 Å². The molecule has 0 aliphatic rings. The summed E-state index contributed by atoms with van der Waals surface area (Å²) >= 11 is 1.77. The highest BCUT2D eigenvalue weighted by molar-refractivity contribution is 7.26. The van der Waals surface area contributed by atoms with Crippen molar-refractivity contribution in [3.05, 3.63) is 170 Å². The van der Waals surface area contributed by atoms with Gasteiger partial charge in [0.15, 0.2) is 5.82 Å². The molecular formula is C46H28N2S. The van der Waals surface area contributed by atoms with Gasteiger partial charge in [-0.2, -0.15) is 0 Å². The summed E-state index contributed by atoms with van der Waals surface area (Å²) in [6, 6.07) is 60.8. The molecule has 2 heterocycles. The number of benzene rings is 8. The molecule has 2 nitrogen and oxygen atoms in total. The molecule has 0 saturated carbocycles. The van der Waals surface area contributed by atoms with Crippen LogP contribution in [0.5, 0.6) is 0 Å². The zero-order valence-electron chi connectivity index (χ0n) is 26.5. The fraction of sp³-hybridized carbons (Fsp3) is 0. The summed E-state index contributed by atoms with van der Waals surface area (Å²) in [5.41, 5.74) is 8.75. The van der Waals surface area contributed by atoms with Crippen LogP contribution in [0.3, 0.4) is 0 Å². The maximum atomic E-state index is 5.37. The van der Waals surface area contributed by atoms with Gasteiger partial charge >= 0.3 is 0 Å². The van der Waals surface area contributed by atoms with E-state index >= 15 is 0 Å². The molecule has 228 valence electrons. The SMILES string of the molecule is c1ccc(-c2nc(-c3cccc(-c4ccc5c6ccccc6c6ccccc6c5c4)c3)nc3c2sc2cccc(-c4ccccc4)c23)cc1. The topological polar surface area (TPSA) is 25.8 Å². The van der Waals surface area contributed by atoms with Gasteiger partial charge in [-0.3, -0.25) is 0 Å². The first kappa shape index (κ1) is 27.9. The Balaban J connectivity index is 1.19. The molecule has 0 aliphatic carbocycles. The summed E-state index contributed by atoms with van der Waals surface area (Å²) in [4.78, 5) is 10.7. The van der Waals surface area contributed by atoms with Crippen molar-refractivity contribution in [1.29, 1.82) is 0 Å². The Labute approximate surface area is 287 Å².